The Kier molecular flexibility index (Phi) is 5.02. The van der Waals surface area contributed by atoms with E-state index >= 15 is 0 Å². The van der Waals surface area contributed by atoms with Gasteiger partial charge >= 0.3 is 0 Å². The van der Waals surface area contributed by atoms with Gasteiger partial charge in [-0.3, -0.25) is 4.79 Å². The average Bonchev–Trinajstić information content (AvgIpc) is 2.61. The molecule has 2 aromatic carbocycles. The molecule has 1 aliphatic heterocycles. The van der Waals surface area contributed by atoms with Crippen molar-refractivity contribution < 1.29 is 13.2 Å². The summed E-state index contributed by atoms with van der Waals surface area (Å²) < 4.78 is 27.1. The van der Waals surface area contributed by atoms with Gasteiger partial charge < -0.3 is 10.2 Å². The van der Waals surface area contributed by atoms with Gasteiger partial charge in [-0.2, -0.15) is 4.31 Å². The lowest BCUT2D eigenvalue weighted by atomic mass is 10.0. The second-order valence-corrected chi connectivity index (χ2v) is 8.73. The quantitative estimate of drug-likeness (QED) is 0.874. The van der Waals surface area contributed by atoms with Crippen LogP contribution in [0.1, 0.15) is 17.5 Å². The maximum absolute atomic E-state index is 12.9. The smallest absolute Gasteiger partial charge is 0.243 e. The number of nitrogens with one attached hydrogen (secondary N) is 1. The number of aryl methyl sites for hydroxylation is 1. The Hall–Kier alpha value is -2.38. The van der Waals surface area contributed by atoms with Gasteiger partial charge in [0.25, 0.3) is 0 Å². The van der Waals surface area contributed by atoms with Gasteiger partial charge in [-0.15, -0.1) is 0 Å². The fourth-order valence-electron chi connectivity index (χ4n) is 2.94. The number of hydrogen-bond donors (Lipinski definition) is 1. The Labute approximate surface area is 154 Å². The molecule has 0 radical (unpaired) electrons. The molecule has 1 N–H and O–H groups in total. The monoisotopic (exact) mass is 373 g/mol. The van der Waals surface area contributed by atoms with E-state index in [9.17, 15) is 13.2 Å². The van der Waals surface area contributed by atoms with Crippen molar-refractivity contribution in [2.45, 2.75) is 24.3 Å². The molecule has 0 aliphatic carbocycles. The zero-order valence-electron chi connectivity index (χ0n) is 15.2. The highest BCUT2D eigenvalue weighted by molar-refractivity contribution is 7.89. The van der Waals surface area contributed by atoms with Crippen LogP contribution in [0.4, 0.5) is 11.4 Å². The largest absolute Gasteiger partial charge is 0.378 e. The van der Waals surface area contributed by atoms with E-state index in [4.69, 9.17) is 0 Å². The average molecular weight is 373 g/mol. The summed E-state index contributed by atoms with van der Waals surface area (Å²) in [6.07, 6.45) is 0.935. The third-order valence-electron chi connectivity index (χ3n) is 4.54. The zero-order chi connectivity index (χ0) is 18.9. The first-order chi connectivity index (χ1) is 12.3. The molecule has 0 saturated heterocycles. The summed E-state index contributed by atoms with van der Waals surface area (Å²) in [6, 6.07) is 12.7. The SMILES string of the molecule is CN(C)c1ccc(CN(C)S(=O)(=O)c2ccc3c(c2)CCC(=O)N3)cc1. The van der Waals surface area contributed by atoms with Crippen molar-refractivity contribution in [3.63, 3.8) is 0 Å². The Morgan fingerprint density at radius 3 is 2.35 bits per heavy atom. The third kappa shape index (κ3) is 3.73. The number of anilines is 2. The molecule has 0 atom stereocenters. The molecular weight excluding hydrogens is 350 g/mol. The zero-order valence-corrected chi connectivity index (χ0v) is 16.0. The lowest BCUT2D eigenvalue weighted by molar-refractivity contribution is -0.116. The van der Waals surface area contributed by atoms with Crippen LogP contribution in [0, 0.1) is 0 Å². The van der Waals surface area contributed by atoms with Gasteiger partial charge in [0.1, 0.15) is 0 Å². The highest BCUT2D eigenvalue weighted by Gasteiger charge is 2.23. The van der Waals surface area contributed by atoms with Gasteiger partial charge in [-0.25, -0.2) is 8.42 Å². The molecular formula is C19H23N3O3S. The van der Waals surface area contributed by atoms with Crippen LogP contribution in [0.5, 0.6) is 0 Å². The third-order valence-corrected chi connectivity index (χ3v) is 6.34. The lowest BCUT2D eigenvalue weighted by Gasteiger charge is -2.21. The Bertz CT molecular complexity index is 922. The van der Waals surface area contributed by atoms with Crippen molar-refractivity contribution in [2.24, 2.45) is 0 Å². The van der Waals surface area contributed by atoms with Crippen LogP contribution in [0.25, 0.3) is 0 Å². The van der Waals surface area contributed by atoms with E-state index < -0.39 is 10.0 Å². The number of sulfonamides is 1. The first-order valence-corrected chi connectivity index (χ1v) is 9.87. The summed E-state index contributed by atoms with van der Waals surface area (Å²) in [5.74, 6) is -0.0357. The van der Waals surface area contributed by atoms with E-state index in [0.29, 0.717) is 25.1 Å². The number of rotatable bonds is 5. The van der Waals surface area contributed by atoms with Crippen molar-refractivity contribution in [3.8, 4) is 0 Å². The lowest BCUT2D eigenvalue weighted by Crippen LogP contribution is -2.27. The summed E-state index contributed by atoms with van der Waals surface area (Å²) >= 11 is 0. The number of benzene rings is 2. The highest BCUT2D eigenvalue weighted by Crippen LogP contribution is 2.27. The van der Waals surface area contributed by atoms with Crippen molar-refractivity contribution in [2.75, 3.05) is 31.4 Å². The summed E-state index contributed by atoms with van der Waals surface area (Å²) in [5, 5.41) is 2.77. The van der Waals surface area contributed by atoms with E-state index in [0.717, 1.165) is 16.8 Å². The van der Waals surface area contributed by atoms with Crippen molar-refractivity contribution in [1.82, 2.24) is 4.31 Å². The van der Waals surface area contributed by atoms with Gasteiger partial charge in [0.2, 0.25) is 15.9 Å². The van der Waals surface area contributed by atoms with Crippen LogP contribution in [0.15, 0.2) is 47.4 Å². The van der Waals surface area contributed by atoms with Gasteiger partial charge in [0.15, 0.2) is 0 Å². The molecule has 1 amide bonds. The molecule has 0 aromatic heterocycles. The molecule has 2 aromatic rings. The molecule has 138 valence electrons. The van der Waals surface area contributed by atoms with Crippen LogP contribution < -0.4 is 10.2 Å². The number of hydrogen-bond acceptors (Lipinski definition) is 4. The first-order valence-electron chi connectivity index (χ1n) is 8.43. The van der Waals surface area contributed by atoms with Crippen LogP contribution in [0.3, 0.4) is 0 Å². The molecule has 0 fully saturated rings. The van der Waals surface area contributed by atoms with Crippen molar-refractivity contribution in [1.29, 1.82) is 0 Å². The predicted octanol–water partition coefficient (Wildman–Crippen LogP) is 2.46. The van der Waals surface area contributed by atoms with E-state index in [2.05, 4.69) is 5.32 Å². The molecule has 6 nitrogen and oxygen atoms in total. The van der Waals surface area contributed by atoms with Crippen molar-refractivity contribution >= 4 is 27.3 Å². The fraction of sp³-hybridized carbons (Fsp3) is 0.316. The number of carbonyl (C=O) groups is 1. The van der Waals surface area contributed by atoms with Crippen molar-refractivity contribution in [3.05, 3.63) is 53.6 Å². The molecule has 0 saturated carbocycles. The topological polar surface area (TPSA) is 69.7 Å². The normalized spacial score (nSPS) is 14.1. The minimum absolute atomic E-state index is 0.0357. The minimum atomic E-state index is -3.60. The molecule has 0 bridgehead atoms. The van der Waals surface area contributed by atoms with E-state index in [1.165, 1.54) is 4.31 Å². The highest BCUT2D eigenvalue weighted by atomic mass is 32.2. The van der Waals surface area contributed by atoms with Gasteiger partial charge in [0, 0.05) is 45.5 Å². The molecule has 1 heterocycles. The number of fused-ring (bicyclic) bond motifs is 1. The summed E-state index contributed by atoms with van der Waals surface area (Å²) in [6.45, 7) is 0.295. The van der Waals surface area contributed by atoms with E-state index in [-0.39, 0.29) is 10.8 Å². The van der Waals surface area contributed by atoms with E-state index in [1.54, 1.807) is 25.2 Å². The standard InChI is InChI=1S/C19H23N3O3S/c1-21(2)16-7-4-14(5-8-16)13-22(3)26(24,25)17-9-10-18-15(12-17)6-11-19(23)20-18/h4-5,7-10,12H,6,11,13H2,1-3H3,(H,20,23). The second kappa shape index (κ2) is 7.09. The van der Waals surface area contributed by atoms with Crippen LogP contribution in [0.2, 0.25) is 0 Å². The molecule has 0 unspecified atom stereocenters. The second-order valence-electron chi connectivity index (χ2n) is 6.69. The van der Waals surface area contributed by atoms with Crippen LogP contribution >= 0.6 is 0 Å². The van der Waals surface area contributed by atoms with Gasteiger partial charge in [0.05, 0.1) is 4.90 Å². The van der Waals surface area contributed by atoms with Gasteiger partial charge in [-0.05, 0) is 47.9 Å². The predicted molar refractivity (Wildman–Crippen MR) is 103 cm³/mol. The summed E-state index contributed by atoms with van der Waals surface area (Å²) in [5.41, 5.74) is 3.54. The van der Waals surface area contributed by atoms with E-state index in [1.807, 2.05) is 43.3 Å². The molecule has 7 heteroatoms. The Balaban J connectivity index is 1.80. The van der Waals surface area contributed by atoms with Crippen LogP contribution in [-0.2, 0) is 27.8 Å². The Morgan fingerprint density at radius 1 is 1.00 bits per heavy atom. The Morgan fingerprint density at radius 2 is 1.69 bits per heavy atom. The first kappa shape index (κ1) is 18.4. The van der Waals surface area contributed by atoms with Crippen LogP contribution in [-0.4, -0.2) is 39.8 Å². The number of nitrogens with zero attached hydrogens (tertiary/aromatic N) is 2. The molecule has 0 spiro atoms. The number of carbonyl (C=O) groups excluding carboxylic acids is 1. The molecule has 3 rings (SSSR count). The van der Waals surface area contributed by atoms with Gasteiger partial charge in [-0.1, -0.05) is 12.1 Å². The maximum atomic E-state index is 12.9. The number of amides is 1. The maximum Gasteiger partial charge on any atom is 0.243 e. The summed E-state index contributed by atoms with van der Waals surface area (Å²) in [7, 11) is 1.90. The fourth-order valence-corrected chi connectivity index (χ4v) is 4.15. The summed E-state index contributed by atoms with van der Waals surface area (Å²) in [4.78, 5) is 13.7. The molecule has 26 heavy (non-hydrogen) atoms. The minimum Gasteiger partial charge on any atom is -0.378 e. The molecule has 1 aliphatic rings.